The molecule has 3 aromatic carbocycles. The number of ether oxygens (including phenoxy) is 1. The molecule has 140 valence electrons. The number of carbonyl (C=O) groups excluding carboxylic acids is 1. The zero-order valence-electron chi connectivity index (χ0n) is 15.5. The SMILES string of the molecule is COc1cccc(-c2cc(CNC(=O)Cc3cccc4ccccc34)no2)c1. The lowest BCUT2D eigenvalue weighted by Gasteiger charge is -2.07. The molecule has 4 rings (SSSR count). The number of aromatic nitrogens is 1. The lowest BCUT2D eigenvalue weighted by atomic mass is 10.0. The van der Waals surface area contributed by atoms with Crippen LogP contribution in [0.2, 0.25) is 0 Å². The van der Waals surface area contributed by atoms with Gasteiger partial charge in [-0.15, -0.1) is 0 Å². The number of nitrogens with zero attached hydrogens (tertiary/aromatic N) is 1. The summed E-state index contributed by atoms with van der Waals surface area (Å²) in [5.41, 5.74) is 2.55. The minimum Gasteiger partial charge on any atom is -0.497 e. The van der Waals surface area contributed by atoms with E-state index in [1.54, 1.807) is 7.11 Å². The molecule has 0 unspecified atom stereocenters. The standard InChI is InChI=1S/C23H20N2O3/c1-27-20-10-5-9-18(12-20)22-14-19(25-28-22)15-24-23(26)13-17-8-4-7-16-6-2-3-11-21(16)17/h2-12,14H,13,15H2,1H3,(H,24,26). The number of hydrogen-bond donors (Lipinski definition) is 1. The van der Waals surface area contributed by atoms with Crippen molar-refractivity contribution in [2.75, 3.05) is 7.11 Å². The van der Waals surface area contributed by atoms with Gasteiger partial charge in [0.1, 0.15) is 11.4 Å². The van der Waals surface area contributed by atoms with E-state index in [0.717, 1.165) is 27.6 Å². The van der Waals surface area contributed by atoms with Crippen LogP contribution < -0.4 is 10.1 Å². The van der Waals surface area contributed by atoms with Gasteiger partial charge in [-0.2, -0.15) is 0 Å². The second kappa shape index (κ2) is 7.96. The Morgan fingerprint density at radius 3 is 2.75 bits per heavy atom. The van der Waals surface area contributed by atoms with E-state index in [-0.39, 0.29) is 5.91 Å². The number of amides is 1. The number of benzene rings is 3. The van der Waals surface area contributed by atoms with Crippen molar-refractivity contribution in [1.82, 2.24) is 10.5 Å². The fourth-order valence-electron chi connectivity index (χ4n) is 3.18. The highest BCUT2D eigenvalue weighted by molar-refractivity contribution is 5.90. The smallest absolute Gasteiger partial charge is 0.224 e. The van der Waals surface area contributed by atoms with E-state index in [2.05, 4.69) is 10.5 Å². The molecule has 0 atom stereocenters. The number of hydrogen-bond acceptors (Lipinski definition) is 4. The Morgan fingerprint density at radius 2 is 1.86 bits per heavy atom. The van der Waals surface area contributed by atoms with Crippen LogP contribution in [-0.4, -0.2) is 18.2 Å². The van der Waals surface area contributed by atoms with Gasteiger partial charge in [0.25, 0.3) is 0 Å². The van der Waals surface area contributed by atoms with Crippen LogP contribution in [0.4, 0.5) is 0 Å². The Kier molecular flexibility index (Phi) is 5.06. The van der Waals surface area contributed by atoms with Gasteiger partial charge in [0.05, 0.1) is 20.1 Å². The summed E-state index contributed by atoms with van der Waals surface area (Å²) in [6.45, 7) is 0.317. The van der Waals surface area contributed by atoms with Gasteiger partial charge in [0.15, 0.2) is 5.76 Å². The van der Waals surface area contributed by atoms with E-state index >= 15 is 0 Å². The molecule has 5 nitrogen and oxygen atoms in total. The summed E-state index contributed by atoms with van der Waals surface area (Å²) < 4.78 is 10.6. The largest absolute Gasteiger partial charge is 0.497 e. The van der Waals surface area contributed by atoms with Crippen molar-refractivity contribution in [2.45, 2.75) is 13.0 Å². The second-order valence-electron chi connectivity index (χ2n) is 6.51. The molecule has 0 saturated carbocycles. The minimum atomic E-state index is -0.0534. The van der Waals surface area contributed by atoms with Crippen molar-refractivity contribution in [2.24, 2.45) is 0 Å². The third-order valence-electron chi connectivity index (χ3n) is 4.61. The molecular weight excluding hydrogens is 352 g/mol. The molecule has 1 heterocycles. The molecule has 4 aromatic rings. The van der Waals surface area contributed by atoms with Gasteiger partial charge in [-0.25, -0.2) is 0 Å². The van der Waals surface area contributed by atoms with E-state index < -0.39 is 0 Å². The van der Waals surface area contributed by atoms with E-state index in [9.17, 15) is 4.79 Å². The number of nitrogens with one attached hydrogen (secondary N) is 1. The second-order valence-corrected chi connectivity index (χ2v) is 6.51. The van der Waals surface area contributed by atoms with Crippen LogP contribution in [0.1, 0.15) is 11.3 Å². The molecule has 0 aliphatic heterocycles. The van der Waals surface area contributed by atoms with Crippen LogP contribution >= 0.6 is 0 Å². The summed E-state index contributed by atoms with van der Waals surface area (Å²) in [4.78, 5) is 12.4. The highest BCUT2D eigenvalue weighted by atomic mass is 16.5. The van der Waals surface area contributed by atoms with Crippen molar-refractivity contribution in [3.05, 3.63) is 84.1 Å². The van der Waals surface area contributed by atoms with E-state index in [1.165, 1.54) is 0 Å². The molecule has 5 heteroatoms. The molecule has 0 bridgehead atoms. The van der Waals surface area contributed by atoms with E-state index in [4.69, 9.17) is 9.26 Å². The van der Waals surface area contributed by atoms with Crippen molar-refractivity contribution in [3.63, 3.8) is 0 Å². The lowest BCUT2D eigenvalue weighted by molar-refractivity contribution is -0.120. The molecule has 0 fully saturated rings. The van der Waals surface area contributed by atoms with Crippen LogP contribution in [0.3, 0.4) is 0 Å². The molecule has 1 amide bonds. The Balaban J connectivity index is 1.40. The number of rotatable bonds is 6. The zero-order valence-corrected chi connectivity index (χ0v) is 15.5. The summed E-state index contributed by atoms with van der Waals surface area (Å²) in [6, 6.07) is 23.5. The van der Waals surface area contributed by atoms with Crippen LogP contribution in [0.5, 0.6) is 5.75 Å². The molecule has 0 aliphatic carbocycles. The lowest BCUT2D eigenvalue weighted by Crippen LogP contribution is -2.24. The first-order chi connectivity index (χ1) is 13.7. The minimum absolute atomic E-state index is 0.0534. The Hall–Kier alpha value is -3.60. The third-order valence-corrected chi connectivity index (χ3v) is 4.61. The summed E-state index contributed by atoms with van der Waals surface area (Å²) in [5.74, 6) is 1.33. The molecule has 0 saturated heterocycles. The molecule has 0 aliphatic rings. The van der Waals surface area contributed by atoms with E-state index in [1.807, 2.05) is 72.8 Å². The van der Waals surface area contributed by atoms with Gasteiger partial charge in [-0.05, 0) is 28.5 Å². The maximum atomic E-state index is 12.4. The number of methoxy groups -OCH3 is 1. The Morgan fingerprint density at radius 1 is 1.04 bits per heavy atom. The van der Waals surface area contributed by atoms with Gasteiger partial charge >= 0.3 is 0 Å². The molecule has 1 N–H and O–H groups in total. The van der Waals surface area contributed by atoms with Crippen molar-refractivity contribution in [1.29, 1.82) is 0 Å². The predicted molar refractivity (Wildman–Crippen MR) is 108 cm³/mol. The van der Waals surface area contributed by atoms with Gasteiger partial charge in [0, 0.05) is 11.6 Å². The Bertz CT molecular complexity index is 1110. The average Bonchev–Trinajstić information content (AvgIpc) is 3.22. The van der Waals surface area contributed by atoms with Gasteiger partial charge in [0.2, 0.25) is 5.91 Å². The molecule has 1 aromatic heterocycles. The summed E-state index contributed by atoms with van der Waals surface area (Å²) in [5, 5.41) is 9.19. The van der Waals surface area contributed by atoms with Crippen LogP contribution in [0, 0.1) is 0 Å². The third kappa shape index (κ3) is 3.88. The zero-order chi connectivity index (χ0) is 19.3. The number of carbonyl (C=O) groups is 1. The summed E-state index contributed by atoms with van der Waals surface area (Å²) in [7, 11) is 1.62. The normalized spacial score (nSPS) is 10.8. The maximum absolute atomic E-state index is 12.4. The fraction of sp³-hybridized carbons (Fsp3) is 0.130. The monoisotopic (exact) mass is 372 g/mol. The van der Waals surface area contributed by atoms with Crippen LogP contribution in [0.15, 0.2) is 77.3 Å². The first-order valence-corrected chi connectivity index (χ1v) is 9.06. The van der Waals surface area contributed by atoms with Crippen molar-refractivity contribution in [3.8, 4) is 17.1 Å². The topological polar surface area (TPSA) is 64.4 Å². The van der Waals surface area contributed by atoms with Gasteiger partial charge in [-0.3, -0.25) is 4.79 Å². The summed E-state index contributed by atoms with van der Waals surface area (Å²) in [6.07, 6.45) is 0.321. The van der Waals surface area contributed by atoms with Gasteiger partial charge in [-0.1, -0.05) is 59.8 Å². The highest BCUT2D eigenvalue weighted by Gasteiger charge is 2.10. The molecular formula is C23H20N2O3. The average molecular weight is 372 g/mol. The van der Waals surface area contributed by atoms with Gasteiger partial charge < -0.3 is 14.6 Å². The quantitative estimate of drug-likeness (QED) is 0.546. The maximum Gasteiger partial charge on any atom is 0.224 e. The molecule has 0 radical (unpaired) electrons. The first kappa shape index (κ1) is 17.8. The van der Waals surface area contributed by atoms with Crippen LogP contribution in [0.25, 0.3) is 22.1 Å². The van der Waals surface area contributed by atoms with Crippen LogP contribution in [-0.2, 0) is 17.8 Å². The Labute approximate surface area is 162 Å². The number of fused-ring (bicyclic) bond motifs is 1. The van der Waals surface area contributed by atoms with Crippen molar-refractivity contribution >= 4 is 16.7 Å². The van der Waals surface area contributed by atoms with Crippen molar-refractivity contribution < 1.29 is 14.1 Å². The fourth-order valence-corrected chi connectivity index (χ4v) is 3.18. The molecule has 28 heavy (non-hydrogen) atoms. The first-order valence-electron chi connectivity index (χ1n) is 9.06. The summed E-state index contributed by atoms with van der Waals surface area (Å²) >= 11 is 0. The predicted octanol–water partition coefficient (Wildman–Crippen LogP) is 4.36. The van der Waals surface area contributed by atoms with E-state index in [0.29, 0.717) is 24.4 Å². The molecule has 0 spiro atoms. The highest BCUT2D eigenvalue weighted by Crippen LogP contribution is 2.24.